The Morgan fingerprint density at radius 2 is 1.45 bits per heavy atom. The summed E-state index contributed by atoms with van der Waals surface area (Å²) < 4.78 is 27.0. The van der Waals surface area contributed by atoms with E-state index in [-0.39, 0.29) is 10.8 Å². The second kappa shape index (κ2) is 9.39. The Bertz CT molecular complexity index is 1050. The topological polar surface area (TPSA) is 66.5 Å². The van der Waals surface area contributed by atoms with Crippen molar-refractivity contribution in [3.05, 3.63) is 96.1 Å². The first-order valence-corrected chi connectivity index (χ1v) is 10.9. The van der Waals surface area contributed by atoms with Gasteiger partial charge in [0.05, 0.1) is 16.1 Å². The molecule has 0 aliphatic carbocycles. The largest absolute Gasteiger partial charge is 0.352 e. The minimum absolute atomic E-state index is 0.181. The van der Waals surface area contributed by atoms with Gasteiger partial charge in [-0.1, -0.05) is 60.7 Å². The summed E-state index contributed by atoms with van der Waals surface area (Å²) in [7, 11) is -2.29. The molecule has 29 heavy (non-hydrogen) atoms. The number of hydrogen-bond donors (Lipinski definition) is 1. The van der Waals surface area contributed by atoms with Crippen LogP contribution in [0.4, 0.5) is 5.69 Å². The van der Waals surface area contributed by atoms with E-state index in [1.165, 1.54) is 24.7 Å². The fourth-order valence-corrected chi connectivity index (χ4v) is 4.29. The highest BCUT2D eigenvalue weighted by atomic mass is 32.2. The maximum Gasteiger partial charge on any atom is 0.264 e. The molecule has 3 aromatic rings. The van der Waals surface area contributed by atoms with Crippen molar-refractivity contribution in [3.8, 4) is 0 Å². The number of aryl methyl sites for hydroxylation is 1. The number of sulfonamides is 1. The normalized spacial score (nSPS) is 11.1. The molecule has 1 N–H and O–H groups in total. The highest BCUT2D eigenvalue weighted by Crippen LogP contribution is 2.25. The van der Waals surface area contributed by atoms with Crippen molar-refractivity contribution in [1.29, 1.82) is 0 Å². The molecule has 5 nitrogen and oxygen atoms in total. The van der Waals surface area contributed by atoms with Crippen molar-refractivity contribution in [3.63, 3.8) is 0 Å². The summed E-state index contributed by atoms with van der Waals surface area (Å²) in [5.41, 5.74) is 1.89. The van der Waals surface area contributed by atoms with Gasteiger partial charge in [0.2, 0.25) is 0 Å². The fraction of sp³-hybridized carbons (Fsp3) is 0.174. The zero-order valence-electron chi connectivity index (χ0n) is 16.3. The number of nitrogens with zero attached hydrogens (tertiary/aromatic N) is 1. The van der Waals surface area contributed by atoms with E-state index in [1.54, 1.807) is 42.5 Å². The summed E-state index contributed by atoms with van der Waals surface area (Å²) in [6.45, 7) is 0.511. The summed E-state index contributed by atoms with van der Waals surface area (Å²) in [6.07, 6.45) is 1.67. The Morgan fingerprint density at radius 1 is 0.862 bits per heavy atom. The van der Waals surface area contributed by atoms with Crippen molar-refractivity contribution >= 4 is 21.6 Å². The Kier molecular flexibility index (Phi) is 6.67. The number of carbonyl (C=O) groups excluding carboxylic acids is 1. The lowest BCUT2D eigenvalue weighted by Crippen LogP contribution is -2.31. The molecule has 150 valence electrons. The summed E-state index contributed by atoms with van der Waals surface area (Å²) in [5, 5.41) is 2.90. The van der Waals surface area contributed by atoms with Crippen LogP contribution in [0.25, 0.3) is 0 Å². The Labute approximate surface area is 172 Å². The fourth-order valence-electron chi connectivity index (χ4n) is 3.05. The van der Waals surface area contributed by atoms with E-state index >= 15 is 0 Å². The maximum atomic E-state index is 12.9. The van der Waals surface area contributed by atoms with Crippen LogP contribution in [0.1, 0.15) is 22.3 Å². The molecule has 0 fully saturated rings. The standard InChI is InChI=1S/C23H24N2O3S/c1-25(29(27,28)20-14-6-3-7-15-20)22-17-9-8-16-21(22)23(26)24-18-10-13-19-11-4-2-5-12-19/h2-9,11-12,14-17H,10,13,18H2,1H3,(H,24,26). The van der Waals surface area contributed by atoms with E-state index in [4.69, 9.17) is 0 Å². The van der Waals surface area contributed by atoms with E-state index in [1.807, 2.05) is 18.2 Å². The highest BCUT2D eigenvalue weighted by molar-refractivity contribution is 7.92. The molecule has 0 spiro atoms. The molecule has 0 bridgehead atoms. The van der Waals surface area contributed by atoms with Gasteiger partial charge in [0.1, 0.15) is 0 Å². The first-order valence-electron chi connectivity index (χ1n) is 9.45. The monoisotopic (exact) mass is 408 g/mol. The minimum Gasteiger partial charge on any atom is -0.352 e. The summed E-state index contributed by atoms with van der Waals surface area (Å²) in [4.78, 5) is 12.9. The molecule has 0 heterocycles. The van der Waals surface area contributed by atoms with Crippen LogP contribution in [0.3, 0.4) is 0 Å². The molecular formula is C23H24N2O3S. The molecular weight excluding hydrogens is 384 g/mol. The van der Waals surface area contributed by atoms with Crippen LogP contribution < -0.4 is 9.62 Å². The number of benzene rings is 3. The summed E-state index contributed by atoms with van der Waals surface area (Å²) in [5.74, 6) is -0.288. The molecule has 1 amide bonds. The van der Waals surface area contributed by atoms with Crippen molar-refractivity contribution < 1.29 is 13.2 Å². The first kappa shape index (κ1) is 20.6. The van der Waals surface area contributed by atoms with Crippen LogP contribution in [-0.2, 0) is 16.4 Å². The van der Waals surface area contributed by atoms with Crippen molar-refractivity contribution in [2.24, 2.45) is 0 Å². The number of nitrogens with one attached hydrogen (secondary N) is 1. The SMILES string of the molecule is CN(c1ccccc1C(=O)NCCCc1ccccc1)S(=O)(=O)c1ccccc1. The molecule has 0 aromatic heterocycles. The lowest BCUT2D eigenvalue weighted by atomic mass is 10.1. The smallest absolute Gasteiger partial charge is 0.264 e. The third-order valence-corrected chi connectivity index (χ3v) is 6.45. The average Bonchev–Trinajstić information content (AvgIpc) is 2.77. The van der Waals surface area contributed by atoms with Gasteiger partial charge in [-0.2, -0.15) is 0 Å². The third-order valence-electron chi connectivity index (χ3n) is 4.66. The van der Waals surface area contributed by atoms with Crippen molar-refractivity contribution in [1.82, 2.24) is 5.32 Å². The van der Waals surface area contributed by atoms with E-state index < -0.39 is 10.0 Å². The second-order valence-corrected chi connectivity index (χ2v) is 8.62. The number of rotatable bonds is 8. The number of amides is 1. The Hall–Kier alpha value is -3.12. The van der Waals surface area contributed by atoms with E-state index in [0.29, 0.717) is 17.8 Å². The quantitative estimate of drug-likeness (QED) is 0.575. The second-order valence-electron chi connectivity index (χ2n) is 6.65. The number of anilines is 1. The van der Waals surface area contributed by atoms with E-state index in [0.717, 1.165) is 17.1 Å². The summed E-state index contributed by atoms with van der Waals surface area (Å²) in [6, 6.07) is 25.0. The lowest BCUT2D eigenvalue weighted by Gasteiger charge is -2.22. The molecule has 0 unspecified atom stereocenters. The van der Waals surface area contributed by atoms with Crippen molar-refractivity contribution in [2.75, 3.05) is 17.9 Å². The van der Waals surface area contributed by atoms with E-state index in [9.17, 15) is 13.2 Å². The average molecular weight is 409 g/mol. The van der Waals surface area contributed by atoms with Crippen LogP contribution in [-0.4, -0.2) is 27.9 Å². The van der Waals surface area contributed by atoms with Crippen LogP contribution >= 0.6 is 0 Å². The van der Waals surface area contributed by atoms with E-state index in [2.05, 4.69) is 17.4 Å². The molecule has 0 saturated carbocycles. The zero-order chi connectivity index (χ0) is 20.7. The molecule has 0 saturated heterocycles. The molecule has 0 radical (unpaired) electrons. The predicted molar refractivity (Wildman–Crippen MR) is 116 cm³/mol. The Balaban J connectivity index is 1.70. The highest BCUT2D eigenvalue weighted by Gasteiger charge is 2.24. The van der Waals surface area contributed by atoms with Gasteiger partial charge in [0.15, 0.2) is 0 Å². The maximum absolute atomic E-state index is 12.9. The van der Waals surface area contributed by atoms with Crippen LogP contribution in [0.5, 0.6) is 0 Å². The lowest BCUT2D eigenvalue weighted by molar-refractivity contribution is 0.0954. The van der Waals surface area contributed by atoms with Gasteiger partial charge >= 0.3 is 0 Å². The molecule has 3 rings (SSSR count). The predicted octanol–water partition coefficient (Wildman–Crippen LogP) is 3.87. The molecule has 0 atom stereocenters. The van der Waals surface area contributed by atoms with Gasteiger partial charge in [-0.3, -0.25) is 9.10 Å². The zero-order valence-corrected chi connectivity index (χ0v) is 17.1. The van der Waals surface area contributed by atoms with Gasteiger partial charge < -0.3 is 5.32 Å². The van der Waals surface area contributed by atoms with Crippen LogP contribution in [0.15, 0.2) is 89.8 Å². The number of hydrogen-bond acceptors (Lipinski definition) is 3. The molecule has 6 heteroatoms. The third kappa shape index (κ3) is 5.03. The number of carbonyl (C=O) groups is 1. The molecule has 3 aromatic carbocycles. The van der Waals surface area contributed by atoms with Gasteiger partial charge in [0.25, 0.3) is 15.9 Å². The molecule has 0 aliphatic rings. The van der Waals surface area contributed by atoms with Gasteiger partial charge in [-0.25, -0.2) is 8.42 Å². The number of para-hydroxylation sites is 1. The first-order chi connectivity index (χ1) is 14.0. The van der Waals surface area contributed by atoms with Gasteiger partial charge in [-0.15, -0.1) is 0 Å². The van der Waals surface area contributed by atoms with Crippen molar-refractivity contribution in [2.45, 2.75) is 17.7 Å². The minimum atomic E-state index is -3.76. The summed E-state index contributed by atoms with van der Waals surface area (Å²) >= 11 is 0. The molecule has 0 aliphatic heterocycles. The van der Waals surface area contributed by atoms with Gasteiger partial charge in [0, 0.05) is 13.6 Å². The van der Waals surface area contributed by atoms with Crippen LogP contribution in [0, 0.1) is 0 Å². The van der Waals surface area contributed by atoms with Gasteiger partial charge in [-0.05, 0) is 42.7 Å². The van der Waals surface area contributed by atoms with Crippen LogP contribution in [0.2, 0.25) is 0 Å². The Morgan fingerprint density at radius 3 is 2.14 bits per heavy atom.